The third-order valence-electron chi connectivity index (χ3n) is 6.66. The fraction of sp³-hybridized carbons (Fsp3) is 0.161. The van der Waals surface area contributed by atoms with Gasteiger partial charge in [0.25, 0.3) is 30.4 Å². The van der Waals surface area contributed by atoms with Crippen LogP contribution in [-0.4, -0.2) is 53.5 Å². The molecule has 4 aromatic carbocycles. The Labute approximate surface area is 269 Å². The molecule has 0 amide bonds. The van der Waals surface area contributed by atoms with Crippen molar-refractivity contribution in [2.45, 2.75) is 26.0 Å². The number of benzene rings is 4. The summed E-state index contributed by atoms with van der Waals surface area (Å²) in [4.78, 5) is -1.41. The van der Waals surface area contributed by atoms with Gasteiger partial charge in [0.15, 0.2) is 0 Å². The van der Waals surface area contributed by atoms with Crippen LogP contribution in [0.15, 0.2) is 152 Å². The SMILES string of the molecule is C=C(CC(COS(=O)(=O)c1ccccc1)(COS(=O)(=O)c1ccccc1)COS(=O)(=O)c1ccccc1)S(=O)(=O)c1ccccc1. The van der Waals surface area contributed by atoms with Crippen LogP contribution in [-0.2, 0) is 52.7 Å². The van der Waals surface area contributed by atoms with Crippen molar-refractivity contribution in [3.05, 3.63) is 133 Å². The molecule has 15 heteroatoms. The van der Waals surface area contributed by atoms with Gasteiger partial charge >= 0.3 is 0 Å². The molecule has 0 radical (unpaired) electrons. The Hall–Kier alpha value is -3.70. The van der Waals surface area contributed by atoms with Crippen molar-refractivity contribution in [2.24, 2.45) is 5.41 Å². The fourth-order valence-corrected chi connectivity index (χ4v) is 8.57. The first-order chi connectivity index (χ1) is 21.7. The van der Waals surface area contributed by atoms with E-state index in [1.165, 1.54) is 97.1 Å². The zero-order chi connectivity index (χ0) is 33.5. The maximum atomic E-state index is 13.5. The zero-order valence-corrected chi connectivity index (χ0v) is 27.5. The molecule has 0 saturated carbocycles. The molecule has 0 aliphatic rings. The lowest BCUT2D eigenvalue weighted by molar-refractivity contribution is 0.0410. The van der Waals surface area contributed by atoms with Crippen LogP contribution in [0.2, 0.25) is 0 Å². The van der Waals surface area contributed by atoms with Gasteiger partial charge in [-0.1, -0.05) is 79.4 Å². The van der Waals surface area contributed by atoms with Gasteiger partial charge in [-0.25, -0.2) is 8.42 Å². The number of rotatable bonds is 16. The molecule has 0 aromatic heterocycles. The molecule has 0 heterocycles. The third-order valence-corrected chi connectivity index (χ3v) is 12.3. The molecular formula is C31H30O11S4. The van der Waals surface area contributed by atoms with E-state index in [1.54, 1.807) is 24.3 Å². The van der Waals surface area contributed by atoms with Crippen molar-refractivity contribution in [3.63, 3.8) is 0 Å². The Morgan fingerprint density at radius 3 is 1.00 bits per heavy atom. The average Bonchev–Trinajstić information content (AvgIpc) is 3.07. The van der Waals surface area contributed by atoms with Gasteiger partial charge < -0.3 is 0 Å². The van der Waals surface area contributed by atoms with Crippen LogP contribution in [0.3, 0.4) is 0 Å². The number of sulfone groups is 1. The minimum absolute atomic E-state index is 0.151. The molecule has 0 spiro atoms. The lowest BCUT2D eigenvalue weighted by Gasteiger charge is -2.32. The van der Waals surface area contributed by atoms with Crippen LogP contribution in [0.25, 0.3) is 0 Å². The molecule has 0 fully saturated rings. The first kappa shape index (κ1) is 35.2. The highest BCUT2D eigenvalue weighted by Gasteiger charge is 2.41. The van der Waals surface area contributed by atoms with Gasteiger partial charge in [-0.15, -0.1) is 0 Å². The van der Waals surface area contributed by atoms with Gasteiger partial charge in [-0.3, -0.25) is 12.5 Å². The van der Waals surface area contributed by atoms with Crippen LogP contribution >= 0.6 is 0 Å². The van der Waals surface area contributed by atoms with E-state index >= 15 is 0 Å². The van der Waals surface area contributed by atoms with E-state index in [2.05, 4.69) is 6.58 Å². The van der Waals surface area contributed by atoms with Crippen LogP contribution < -0.4 is 0 Å². The van der Waals surface area contributed by atoms with E-state index in [1.807, 2.05) is 0 Å². The van der Waals surface area contributed by atoms with E-state index in [9.17, 15) is 33.7 Å². The summed E-state index contributed by atoms with van der Waals surface area (Å²) in [5.74, 6) is 0. The Kier molecular flexibility index (Phi) is 11.0. The van der Waals surface area contributed by atoms with E-state index in [0.717, 1.165) is 0 Å². The first-order valence-electron chi connectivity index (χ1n) is 13.5. The van der Waals surface area contributed by atoms with Crippen molar-refractivity contribution >= 4 is 40.2 Å². The Balaban J connectivity index is 1.78. The standard InChI is InChI=1S/C31H30O11S4/c1-26(43(32,33)27-14-6-2-7-15-27)22-31(23-40-44(34,35)28-16-8-3-9-17-28,24-41-45(36,37)29-18-10-4-11-19-29)25-42-46(38,39)30-20-12-5-13-21-30/h2-21H,1,22-25H2. The normalized spacial score (nSPS) is 12.9. The topological polar surface area (TPSA) is 164 Å². The highest BCUT2D eigenvalue weighted by molar-refractivity contribution is 7.95. The van der Waals surface area contributed by atoms with E-state index < -0.39 is 76.8 Å². The minimum atomic E-state index is -4.52. The number of allylic oxidation sites excluding steroid dienone is 1. The van der Waals surface area contributed by atoms with Crippen molar-refractivity contribution in [3.8, 4) is 0 Å². The van der Waals surface area contributed by atoms with Crippen molar-refractivity contribution in [1.82, 2.24) is 0 Å². The second-order valence-corrected chi connectivity index (χ2v) is 17.0. The van der Waals surface area contributed by atoms with E-state index in [-0.39, 0.29) is 19.6 Å². The third kappa shape index (κ3) is 8.76. The van der Waals surface area contributed by atoms with Gasteiger partial charge in [-0.2, -0.15) is 25.3 Å². The van der Waals surface area contributed by atoms with Crippen LogP contribution in [0, 0.1) is 5.41 Å². The molecule has 4 rings (SSSR count). The van der Waals surface area contributed by atoms with Crippen LogP contribution in [0.4, 0.5) is 0 Å². The average molecular weight is 707 g/mol. The Morgan fingerprint density at radius 1 is 0.457 bits per heavy atom. The highest BCUT2D eigenvalue weighted by Crippen LogP contribution is 2.35. The summed E-state index contributed by atoms with van der Waals surface area (Å²) in [6, 6.07) is 28.1. The second-order valence-electron chi connectivity index (χ2n) is 10.1. The van der Waals surface area contributed by atoms with Crippen LogP contribution in [0.1, 0.15) is 6.42 Å². The molecular weight excluding hydrogens is 677 g/mol. The molecule has 244 valence electrons. The molecule has 0 aliphatic heterocycles. The molecule has 0 atom stereocenters. The summed E-state index contributed by atoms with van der Waals surface area (Å²) >= 11 is 0. The summed E-state index contributed by atoms with van der Waals surface area (Å²) in [5, 5.41) is 0. The van der Waals surface area contributed by atoms with E-state index in [4.69, 9.17) is 12.5 Å². The summed E-state index contributed by atoms with van der Waals surface area (Å²) in [6.45, 7) is 0.824. The molecule has 0 unspecified atom stereocenters. The highest BCUT2D eigenvalue weighted by atomic mass is 32.2. The largest absolute Gasteiger partial charge is 0.296 e. The molecule has 46 heavy (non-hydrogen) atoms. The van der Waals surface area contributed by atoms with Gasteiger partial charge in [-0.05, 0) is 55.0 Å². The van der Waals surface area contributed by atoms with Gasteiger partial charge in [0, 0.05) is 10.3 Å². The molecule has 11 nitrogen and oxygen atoms in total. The second kappa shape index (κ2) is 14.4. The van der Waals surface area contributed by atoms with Crippen molar-refractivity contribution in [2.75, 3.05) is 19.8 Å². The predicted octanol–water partition coefficient (Wildman–Crippen LogP) is 4.57. The maximum absolute atomic E-state index is 13.5. The molecule has 4 aromatic rings. The monoisotopic (exact) mass is 706 g/mol. The Bertz CT molecular complexity index is 1890. The molecule has 0 bridgehead atoms. The van der Waals surface area contributed by atoms with Crippen LogP contribution in [0.5, 0.6) is 0 Å². The minimum Gasteiger partial charge on any atom is -0.266 e. The molecule has 0 aliphatic carbocycles. The molecule has 0 N–H and O–H groups in total. The predicted molar refractivity (Wildman–Crippen MR) is 169 cm³/mol. The van der Waals surface area contributed by atoms with Crippen molar-refractivity contribution in [1.29, 1.82) is 0 Å². The first-order valence-corrected chi connectivity index (χ1v) is 19.2. The van der Waals surface area contributed by atoms with Gasteiger partial charge in [0.05, 0.1) is 39.4 Å². The van der Waals surface area contributed by atoms with E-state index in [0.29, 0.717) is 0 Å². The van der Waals surface area contributed by atoms with Gasteiger partial charge in [0.2, 0.25) is 9.84 Å². The smallest absolute Gasteiger partial charge is 0.266 e. The van der Waals surface area contributed by atoms with Crippen molar-refractivity contribution < 1.29 is 46.2 Å². The summed E-state index contributed by atoms with van der Waals surface area (Å²) in [6.07, 6.45) is -0.719. The van der Waals surface area contributed by atoms with Gasteiger partial charge in [0.1, 0.15) is 0 Å². The summed E-state index contributed by atoms with van der Waals surface area (Å²) in [5.41, 5.74) is -2.06. The maximum Gasteiger partial charge on any atom is 0.296 e. The quantitative estimate of drug-likeness (QED) is 0.150. The zero-order valence-electron chi connectivity index (χ0n) is 24.2. The number of hydrogen-bond donors (Lipinski definition) is 0. The fourth-order valence-electron chi connectivity index (χ4n) is 4.13. The summed E-state index contributed by atoms with van der Waals surface area (Å²) in [7, 11) is -17.9. The Morgan fingerprint density at radius 2 is 0.717 bits per heavy atom. The lowest BCUT2D eigenvalue weighted by atomic mass is 9.87. The number of hydrogen-bond acceptors (Lipinski definition) is 11. The lowest BCUT2D eigenvalue weighted by Crippen LogP contribution is -2.40. The summed E-state index contributed by atoms with van der Waals surface area (Å²) < 4.78 is 122. The molecule has 0 saturated heterocycles.